The Morgan fingerprint density at radius 3 is 2.64 bits per heavy atom. The molecule has 0 spiro atoms. The van der Waals surface area contributed by atoms with E-state index in [0.29, 0.717) is 48.6 Å². The fourth-order valence-corrected chi connectivity index (χ4v) is 5.38. The van der Waals surface area contributed by atoms with Crippen LogP contribution in [0.1, 0.15) is 33.4 Å². The second kappa shape index (κ2) is 12.8. The summed E-state index contributed by atoms with van der Waals surface area (Å²) in [5.41, 5.74) is 3.81. The predicted octanol–water partition coefficient (Wildman–Crippen LogP) is 5.03. The Balaban J connectivity index is 1.33. The molecule has 4 aromatic rings. The molecule has 1 aliphatic heterocycles. The average Bonchev–Trinajstić information content (AvgIpc) is 3.41. The van der Waals surface area contributed by atoms with Gasteiger partial charge in [-0.3, -0.25) is 4.79 Å². The molecule has 220 valence electrons. The van der Waals surface area contributed by atoms with Crippen LogP contribution in [0.15, 0.2) is 59.3 Å². The zero-order chi connectivity index (χ0) is 29.7. The fourth-order valence-electron chi connectivity index (χ4n) is 4.62. The van der Waals surface area contributed by atoms with Gasteiger partial charge in [0, 0.05) is 38.7 Å². The van der Waals surface area contributed by atoms with Crippen molar-refractivity contribution in [1.29, 1.82) is 0 Å². The number of hydrogen-bond acceptors (Lipinski definition) is 10. The number of aliphatic hydroxyl groups is 1. The largest absolute Gasteiger partial charge is 0.394 e. The number of carbonyl (C=O) groups is 1. The van der Waals surface area contributed by atoms with Crippen LogP contribution in [0.25, 0.3) is 11.5 Å². The lowest BCUT2D eigenvalue weighted by Gasteiger charge is -2.29. The Morgan fingerprint density at radius 1 is 1.12 bits per heavy atom. The number of anilines is 3. The zero-order valence-electron chi connectivity index (χ0n) is 24.4. The second-order valence-corrected chi connectivity index (χ2v) is 17.2. The quantitative estimate of drug-likeness (QED) is 0.153. The number of rotatable bonds is 12. The molecular formula is C30H37N7O4Si. The lowest BCUT2D eigenvalue weighted by Crippen LogP contribution is -2.39. The van der Waals surface area contributed by atoms with Crippen molar-refractivity contribution in [2.45, 2.75) is 45.1 Å². The van der Waals surface area contributed by atoms with Crippen molar-refractivity contribution < 1.29 is 19.2 Å². The minimum absolute atomic E-state index is 0.0197. The van der Waals surface area contributed by atoms with Gasteiger partial charge in [0.2, 0.25) is 5.95 Å². The number of aryl methyl sites for hydroxylation is 1. The van der Waals surface area contributed by atoms with Gasteiger partial charge < -0.3 is 29.9 Å². The lowest BCUT2D eigenvalue weighted by atomic mass is 9.98. The Bertz CT molecular complexity index is 1520. The first-order chi connectivity index (χ1) is 20.2. The average molecular weight is 588 g/mol. The van der Waals surface area contributed by atoms with Crippen molar-refractivity contribution in [3.63, 3.8) is 0 Å². The van der Waals surface area contributed by atoms with Crippen molar-refractivity contribution in [2.75, 3.05) is 37.1 Å². The van der Waals surface area contributed by atoms with Gasteiger partial charge in [-0.15, -0.1) is 0 Å². The summed E-state index contributed by atoms with van der Waals surface area (Å²) in [6.07, 6.45) is 2.33. The summed E-state index contributed by atoms with van der Waals surface area (Å²) in [5.74, 6) is 1.50. The van der Waals surface area contributed by atoms with Crippen molar-refractivity contribution in [3.8, 4) is 11.5 Å². The molecule has 0 bridgehead atoms. The molecule has 12 heteroatoms. The maximum Gasteiger partial charge on any atom is 0.263 e. The van der Waals surface area contributed by atoms with Gasteiger partial charge in [-0.05, 0) is 48.7 Å². The van der Waals surface area contributed by atoms with Crippen LogP contribution in [0.5, 0.6) is 0 Å². The first-order valence-corrected chi connectivity index (χ1v) is 17.8. The lowest BCUT2D eigenvalue weighted by molar-refractivity contribution is 0.0263. The molecule has 1 amide bonds. The van der Waals surface area contributed by atoms with Gasteiger partial charge in [0.05, 0.1) is 12.6 Å². The molecule has 2 aromatic heterocycles. The van der Waals surface area contributed by atoms with Crippen molar-refractivity contribution in [2.24, 2.45) is 0 Å². The third-order valence-electron chi connectivity index (χ3n) is 7.02. The minimum Gasteiger partial charge on any atom is -0.394 e. The first-order valence-electron chi connectivity index (χ1n) is 14.1. The number of benzene rings is 2. The highest BCUT2D eigenvalue weighted by atomic mass is 28.3. The number of carbonyl (C=O) groups excluding carboxylic acids is 1. The second-order valence-electron chi connectivity index (χ2n) is 11.6. The van der Waals surface area contributed by atoms with E-state index >= 15 is 0 Å². The number of aliphatic hydroxyl groups excluding tert-OH is 1. The number of amides is 1. The van der Waals surface area contributed by atoms with Crippen LogP contribution in [0.3, 0.4) is 0 Å². The van der Waals surface area contributed by atoms with E-state index in [0.717, 1.165) is 29.3 Å². The summed E-state index contributed by atoms with van der Waals surface area (Å²) in [4.78, 5) is 28.4. The van der Waals surface area contributed by atoms with Crippen molar-refractivity contribution >= 4 is 31.4 Å². The Morgan fingerprint density at radius 2 is 1.93 bits per heavy atom. The number of ether oxygens (including phenoxy) is 1. The Kier molecular flexibility index (Phi) is 8.95. The molecule has 0 unspecified atom stereocenters. The fraction of sp³-hybridized carbons (Fsp3) is 0.367. The summed E-state index contributed by atoms with van der Waals surface area (Å²) in [6.45, 7) is 10.1. The molecule has 3 heterocycles. The topological polar surface area (TPSA) is 139 Å². The van der Waals surface area contributed by atoms with Crippen LogP contribution in [0, 0.1) is 6.92 Å². The molecule has 0 fully saturated rings. The van der Waals surface area contributed by atoms with Crippen LogP contribution in [0.2, 0.25) is 25.7 Å². The maximum absolute atomic E-state index is 13.1. The molecule has 11 nitrogen and oxygen atoms in total. The van der Waals surface area contributed by atoms with E-state index in [-0.39, 0.29) is 18.4 Å². The van der Waals surface area contributed by atoms with Crippen molar-refractivity contribution in [3.05, 3.63) is 77.2 Å². The molecular weight excluding hydrogens is 550 g/mol. The monoisotopic (exact) mass is 587 g/mol. The molecule has 0 saturated heterocycles. The smallest absolute Gasteiger partial charge is 0.263 e. The summed E-state index contributed by atoms with van der Waals surface area (Å²) in [6, 6.07) is 15.9. The van der Waals surface area contributed by atoms with Crippen LogP contribution in [-0.4, -0.2) is 70.6 Å². The van der Waals surface area contributed by atoms with E-state index in [1.165, 1.54) is 0 Å². The minimum atomic E-state index is -1.18. The molecule has 2 aromatic carbocycles. The maximum atomic E-state index is 13.1. The van der Waals surface area contributed by atoms with Crippen LogP contribution >= 0.6 is 0 Å². The number of hydrogen-bond donors (Lipinski definition) is 3. The van der Waals surface area contributed by atoms with E-state index < -0.39 is 14.1 Å². The van der Waals surface area contributed by atoms with E-state index in [9.17, 15) is 9.90 Å². The van der Waals surface area contributed by atoms with Gasteiger partial charge >= 0.3 is 0 Å². The van der Waals surface area contributed by atoms with E-state index in [1.807, 2.05) is 48.5 Å². The van der Waals surface area contributed by atoms with E-state index in [1.54, 1.807) is 18.0 Å². The molecule has 5 rings (SSSR count). The molecule has 3 N–H and O–H groups in total. The summed E-state index contributed by atoms with van der Waals surface area (Å²) < 4.78 is 11.2. The molecule has 1 atom stereocenters. The molecule has 42 heavy (non-hydrogen) atoms. The zero-order valence-corrected chi connectivity index (χ0v) is 25.4. The Labute approximate surface area is 246 Å². The summed E-state index contributed by atoms with van der Waals surface area (Å²) in [5, 5.41) is 20.6. The highest BCUT2D eigenvalue weighted by Gasteiger charge is 2.25. The molecule has 0 radical (unpaired) electrons. The number of fused-ring (bicyclic) bond motifs is 1. The van der Waals surface area contributed by atoms with Gasteiger partial charge in [0.25, 0.3) is 11.8 Å². The normalized spacial score (nSPS) is 14.0. The van der Waals surface area contributed by atoms with Gasteiger partial charge in [-0.2, -0.15) is 9.97 Å². The van der Waals surface area contributed by atoms with Crippen LogP contribution < -0.4 is 10.6 Å². The predicted molar refractivity (Wildman–Crippen MR) is 163 cm³/mol. The van der Waals surface area contributed by atoms with E-state index in [2.05, 4.69) is 45.4 Å². The van der Waals surface area contributed by atoms with Gasteiger partial charge in [0.15, 0.2) is 5.82 Å². The van der Waals surface area contributed by atoms with E-state index in [4.69, 9.17) is 14.2 Å². The number of nitrogens with zero attached hydrogens (tertiary/aromatic N) is 5. The SMILES string of the molecule is Cc1noc(-c2cnc(Nc3ccc4c(c3)CCN(COCC[Si](C)(C)C)C4=O)nc2N[C@H](CO)c2ccccc2)n1. The van der Waals surface area contributed by atoms with Gasteiger partial charge in [0.1, 0.15) is 18.1 Å². The number of nitrogens with one attached hydrogen (secondary N) is 2. The first kappa shape index (κ1) is 29.4. The summed E-state index contributed by atoms with van der Waals surface area (Å²) in [7, 11) is -1.18. The highest BCUT2D eigenvalue weighted by Crippen LogP contribution is 2.30. The molecule has 1 aliphatic rings. The van der Waals surface area contributed by atoms with Gasteiger partial charge in [-0.1, -0.05) is 55.1 Å². The molecule has 0 saturated carbocycles. The highest BCUT2D eigenvalue weighted by molar-refractivity contribution is 6.76. The molecule has 0 aliphatic carbocycles. The third kappa shape index (κ3) is 7.19. The number of aromatic nitrogens is 4. The standard InChI is InChI=1S/C30H37N7O4Si/c1-20-32-28(41-36-20)25-17-31-30(35-27(25)34-26(18-38)21-8-6-5-7-9-21)33-23-10-11-24-22(16-23)12-13-37(29(24)39)19-40-14-15-42(2,3)4/h5-11,16-17,26,38H,12-15,18-19H2,1-4H3,(H2,31,33,34,35)/t26-/m1/s1. The van der Waals surface area contributed by atoms with Crippen LogP contribution in [0.4, 0.5) is 17.5 Å². The third-order valence-corrected chi connectivity index (χ3v) is 8.72. The van der Waals surface area contributed by atoms with Crippen molar-refractivity contribution in [1.82, 2.24) is 25.0 Å². The van der Waals surface area contributed by atoms with Crippen LogP contribution in [-0.2, 0) is 11.2 Å². The van der Waals surface area contributed by atoms with Gasteiger partial charge in [-0.25, -0.2) is 4.98 Å². The Hall–Kier alpha value is -4.13. The summed E-state index contributed by atoms with van der Waals surface area (Å²) >= 11 is 0.